The van der Waals surface area contributed by atoms with Crippen LogP contribution in [-0.4, -0.2) is 18.1 Å². The van der Waals surface area contributed by atoms with Crippen molar-refractivity contribution in [2.75, 3.05) is 6.54 Å². The van der Waals surface area contributed by atoms with Gasteiger partial charge in [0.05, 0.1) is 0 Å². The molecule has 0 bridgehead atoms. The second-order valence-corrected chi connectivity index (χ2v) is 3.08. The van der Waals surface area contributed by atoms with E-state index in [0.29, 0.717) is 12.8 Å². The molecule has 0 aromatic rings. The average Bonchev–Trinajstić information content (AvgIpc) is 1.95. The van der Waals surface area contributed by atoms with E-state index < -0.39 is 18.1 Å². The maximum atomic E-state index is 13.2. The van der Waals surface area contributed by atoms with E-state index in [1.54, 1.807) is 0 Å². The summed E-state index contributed by atoms with van der Waals surface area (Å²) < 4.78 is 38.8. The Morgan fingerprint density at radius 2 is 1.64 bits per heavy atom. The van der Waals surface area contributed by atoms with E-state index in [2.05, 4.69) is 0 Å². The van der Waals surface area contributed by atoms with Gasteiger partial charge in [0, 0.05) is 13.0 Å². The molecule has 1 fully saturated rings. The van der Waals surface area contributed by atoms with Crippen LogP contribution in [-0.2, 0) is 0 Å². The van der Waals surface area contributed by atoms with Crippen LogP contribution in [0.3, 0.4) is 0 Å². The highest BCUT2D eigenvalue weighted by atomic mass is 19.3. The fourth-order valence-electron chi connectivity index (χ4n) is 1.41. The summed E-state index contributed by atoms with van der Waals surface area (Å²) in [5.41, 5.74) is 2.52. The van der Waals surface area contributed by atoms with E-state index in [1.165, 1.54) is 0 Å². The van der Waals surface area contributed by atoms with E-state index in [1.807, 2.05) is 0 Å². The molecule has 2 N–H and O–H groups in total. The maximum absolute atomic E-state index is 13.2. The summed E-state index contributed by atoms with van der Waals surface area (Å²) in [6.07, 6.45) is 0.458. The first-order valence-electron chi connectivity index (χ1n) is 3.79. The third kappa shape index (κ3) is 1.36. The smallest absolute Gasteiger partial charge is 0.282 e. The summed E-state index contributed by atoms with van der Waals surface area (Å²) in [5, 5.41) is 0. The molecule has 0 spiro atoms. The first-order valence-corrected chi connectivity index (χ1v) is 3.79. The number of hydrogen-bond acceptors (Lipinski definition) is 1. The van der Waals surface area contributed by atoms with Gasteiger partial charge in [0.1, 0.15) is 0 Å². The van der Waals surface area contributed by atoms with Gasteiger partial charge in [-0.25, -0.2) is 13.2 Å². The molecule has 4 heteroatoms. The van der Waals surface area contributed by atoms with Crippen molar-refractivity contribution < 1.29 is 13.2 Å². The lowest BCUT2D eigenvalue weighted by Gasteiger charge is -2.36. The van der Waals surface area contributed by atoms with E-state index in [4.69, 9.17) is 5.73 Å². The Balaban J connectivity index is 2.74. The Bertz CT molecular complexity index is 149. The lowest BCUT2D eigenvalue weighted by Crippen LogP contribution is -2.51. The molecular weight excluding hydrogens is 155 g/mol. The summed E-state index contributed by atoms with van der Waals surface area (Å²) in [5.74, 6) is -3.21. The summed E-state index contributed by atoms with van der Waals surface area (Å²) in [7, 11) is 0. The minimum absolute atomic E-state index is 0.101. The molecule has 1 aliphatic rings. The molecule has 0 aliphatic heterocycles. The van der Waals surface area contributed by atoms with Crippen LogP contribution >= 0.6 is 0 Å². The Morgan fingerprint density at radius 3 is 2.00 bits per heavy atom. The molecule has 1 nitrogen and oxygen atoms in total. The number of alkyl halides is 3. The normalized spacial score (nSPS) is 37.1. The summed E-state index contributed by atoms with van der Waals surface area (Å²) in [6.45, 7) is -0.569. The lowest BCUT2D eigenvalue weighted by molar-refractivity contribution is -0.157. The Hall–Kier alpha value is -0.250. The van der Waals surface area contributed by atoms with Crippen LogP contribution in [0.1, 0.15) is 25.7 Å². The molecule has 1 rings (SSSR count). The molecule has 0 aromatic carbocycles. The van der Waals surface area contributed by atoms with Crippen LogP contribution in [0.15, 0.2) is 0 Å². The minimum Gasteiger partial charge on any atom is -0.327 e. The van der Waals surface area contributed by atoms with Crippen molar-refractivity contribution in [3.8, 4) is 0 Å². The fraction of sp³-hybridized carbons (Fsp3) is 1.00. The highest BCUT2D eigenvalue weighted by Gasteiger charge is 2.54. The largest absolute Gasteiger partial charge is 0.327 e. The van der Waals surface area contributed by atoms with Gasteiger partial charge in [-0.2, -0.15) is 0 Å². The molecule has 0 radical (unpaired) electrons. The monoisotopic (exact) mass is 167 g/mol. The molecule has 0 amide bonds. The number of nitrogens with two attached hydrogens (primary N) is 1. The van der Waals surface area contributed by atoms with Crippen LogP contribution in [0.5, 0.6) is 0 Å². The second kappa shape index (κ2) is 2.66. The first-order chi connectivity index (χ1) is 5.02. The van der Waals surface area contributed by atoms with Crippen molar-refractivity contribution in [1.29, 1.82) is 0 Å². The van der Waals surface area contributed by atoms with E-state index in [-0.39, 0.29) is 12.8 Å². The Morgan fingerprint density at radius 1 is 1.09 bits per heavy atom. The summed E-state index contributed by atoms with van der Waals surface area (Å²) in [6, 6.07) is 0. The third-order valence-electron chi connectivity index (χ3n) is 2.29. The zero-order valence-corrected chi connectivity index (χ0v) is 6.25. The molecule has 0 aromatic heterocycles. The van der Waals surface area contributed by atoms with Gasteiger partial charge in [0.25, 0.3) is 5.92 Å². The molecule has 1 atom stereocenters. The van der Waals surface area contributed by atoms with Gasteiger partial charge >= 0.3 is 0 Å². The molecular formula is C7H12F3N. The molecule has 66 valence electrons. The van der Waals surface area contributed by atoms with Crippen molar-refractivity contribution >= 4 is 0 Å². The molecule has 0 saturated heterocycles. The van der Waals surface area contributed by atoms with Crippen molar-refractivity contribution in [1.82, 2.24) is 0 Å². The van der Waals surface area contributed by atoms with Crippen LogP contribution in [0.2, 0.25) is 0 Å². The van der Waals surface area contributed by atoms with Gasteiger partial charge < -0.3 is 5.73 Å². The zero-order chi connectivity index (χ0) is 8.54. The van der Waals surface area contributed by atoms with Gasteiger partial charge in [-0.3, -0.25) is 0 Å². The van der Waals surface area contributed by atoms with Crippen LogP contribution in [0.4, 0.5) is 13.2 Å². The quantitative estimate of drug-likeness (QED) is 0.633. The van der Waals surface area contributed by atoms with E-state index in [0.717, 1.165) is 0 Å². The predicted octanol–water partition coefficient (Wildman–Crippen LogP) is 1.86. The highest BCUT2D eigenvalue weighted by molar-refractivity contribution is 4.97. The van der Waals surface area contributed by atoms with Crippen molar-refractivity contribution in [3.05, 3.63) is 0 Å². The molecule has 11 heavy (non-hydrogen) atoms. The third-order valence-corrected chi connectivity index (χ3v) is 2.29. The van der Waals surface area contributed by atoms with E-state index >= 15 is 0 Å². The minimum atomic E-state index is -3.21. The van der Waals surface area contributed by atoms with Gasteiger partial charge in [0.15, 0.2) is 5.67 Å². The van der Waals surface area contributed by atoms with Crippen molar-refractivity contribution in [2.24, 2.45) is 5.73 Å². The van der Waals surface area contributed by atoms with Crippen LogP contribution < -0.4 is 5.73 Å². The summed E-state index contributed by atoms with van der Waals surface area (Å²) >= 11 is 0. The van der Waals surface area contributed by atoms with Crippen LogP contribution in [0, 0.1) is 0 Å². The first kappa shape index (κ1) is 8.84. The Labute approximate surface area is 63.8 Å². The number of rotatable bonds is 1. The van der Waals surface area contributed by atoms with Crippen molar-refractivity contribution in [2.45, 2.75) is 37.3 Å². The maximum Gasteiger partial charge on any atom is 0.282 e. The van der Waals surface area contributed by atoms with Gasteiger partial charge in [-0.05, 0) is 19.3 Å². The Kier molecular flexibility index (Phi) is 2.14. The second-order valence-electron chi connectivity index (χ2n) is 3.08. The summed E-state index contributed by atoms with van der Waals surface area (Å²) in [4.78, 5) is 0. The number of halogens is 3. The topological polar surface area (TPSA) is 26.0 Å². The molecule has 1 unspecified atom stereocenters. The van der Waals surface area contributed by atoms with Gasteiger partial charge in [-0.15, -0.1) is 0 Å². The average molecular weight is 167 g/mol. The van der Waals surface area contributed by atoms with Gasteiger partial charge in [0.2, 0.25) is 0 Å². The van der Waals surface area contributed by atoms with Crippen LogP contribution in [0.25, 0.3) is 0 Å². The number of hydrogen-bond donors (Lipinski definition) is 1. The SMILES string of the molecule is NCC1(F)CCCCC1(F)F. The van der Waals surface area contributed by atoms with E-state index in [9.17, 15) is 13.2 Å². The molecule has 1 saturated carbocycles. The standard InChI is InChI=1S/C7H12F3N/c8-6(5-11)3-1-2-4-7(6,9)10/h1-5,11H2. The van der Waals surface area contributed by atoms with Gasteiger partial charge in [-0.1, -0.05) is 0 Å². The molecule has 0 heterocycles. The fourth-order valence-corrected chi connectivity index (χ4v) is 1.41. The van der Waals surface area contributed by atoms with Crippen molar-refractivity contribution in [3.63, 3.8) is 0 Å². The zero-order valence-electron chi connectivity index (χ0n) is 6.25. The predicted molar refractivity (Wildman–Crippen MR) is 36.3 cm³/mol. The molecule has 1 aliphatic carbocycles. The lowest BCUT2D eigenvalue weighted by atomic mass is 9.83. The highest BCUT2D eigenvalue weighted by Crippen LogP contribution is 2.43.